The molecule has 6 nitrogen and oxygen atoms in total. The summed E-state index contributed by atoms with van der Waals surface area (Å²) >= 11 is 0. The van der Waals surface area contributed by atoms with E-state index in [-0.39, 0.29) is 5.91 Å². The van der Waals surface area contributed by atoms with Crippen LogP contribution in [-0.4, -0.2) is 46.3 Å². The van der Waals surface area contributed by atoms with E-state index in [2.05, 4.69) is 30.1 Å². The number of hydrogen-bond acceptors (Lipinski definition) is 4. The fraction of sp³-hybridized carbons (Fsp3) is 0.440. The van der Waals surface area contributed by atoms with E-state index in [9.17, 15) is 4.79 Å². The number of carbonyl (C=O) groups is 1. The third-order valence-electron chi connectivity index (χ3n) is 6.14. The van der Waals surface area contributed by atoms with Gasteiger partial charge in [0.1, 0.15) is 11.4 Å². The molecule has 31 heavy (non-hydrogen) atoms. The van der Waals surface area contributed by atoms with E-state index in [0.717, 1.165) is 24.2 Å². The van der Waals surface area contributed by atoms with Crippen LogP contribution in [0.15, 0.2) is 47.1 Å². The lowest BCUT2D eigenvalue weighted by Gasteiger charge is -2.33. The van der Waals surface area contributed by atoms with Crippen molar-refractivity contribution in [1.29, 1.82) is 0 Å². The highest BCUT2D eigenvalue weighted by atomic mass is 16.3. The third kappa shape index (κ3) is 4.90. The van der Waals surface area contributed by atoms with Crippen LogP contribution in [0.5, 0.6) is 0 Å². The minimum atomic E-state index is -0.114. The second-order valence-electron chi connectivity index (χ2n) is 8.58. The number of benzene rings is 1. The summed E-state index contributed by atoms with van der Waals surface area (Å²) in [7, 11) is 0. The maximum Gasteiger partial charge on any atom is 0.270 e. The Balaban J connectivity index is 1.50. The Morgan fingerprint density at radius 1 is 1.23 bits per heavy atom. The number of nitrogens with zero attached hydrogens (tertiary/aromatic N) is 3. The van der Waals surface area contributed by atoms with Crippen LogP contribution in [0.4, 0.5) is 0 Å². The van der Waals surface area contributed by atoms with E-state index < -0.39 is 0 Å². The van der Waals surface area contributed by atoms with Gasteiger partial charge in [0.25, 0.3) is 5.91 Å². The van der Waals surface area contributed by atoms with Crippen molar-refractivity contribution in [2.75, 3.05) is 19.6 Å². The maximum atomic E-state index is 13.1. The molecule has 4 rings (SSSR count). The van der Waals surface area contributed by atoms with Crippen molar-refractivity contribution < 1.29 is 9.21 Å². The summed E-state index contributed by atoms with van der Waals surface area (Å²) in [4.78, 5) is 15.6. The third-order valence-corrected chi connectivity index (χ3v) is 6.14. The van der Waals surface area contributed by atoms with Crippen LogP contribution < -0.4 is 5.32 Å². The quantitative estimate of drug-likeness (QED) is 0.561. The van der Waals surface area contributed by atoms with Crippen LogP contribution in [0.1, 0.15) is 54.2 Å². The van der Waals surface area contributed by atoms with E-state index >= 15 is 0 Å². The molecule has 0 saturated carbocycles. The van der Waals surface area contributed by atoms with Gasteiger partial charge in [-0.05, 0) is 70.3 Å². The van der Waals surface area contributed by atoms with Crippen LogP contribution in [0.2, 0.25) is 0 Å². The van der Waals surface area contributed by atoms with Gasteiger partial charge in [-0.3, -0.25) is 4.79 Å². The molecule has 3 heterocycles. The van der Waals surface area contributed by atoms with Gasteiger partial charge in [0.15, 0.2) is 5.76 Å². The molecule has 1 atom stereocenters. The molecule has 3 aromatic rings. The number of amides is 1. The van der Waals surface area contributed by atoms with Crippen LogP contribution >= 0.6 is 0 Å². The average Bonchev–Trinajstić information content (AvgIpc) is 3.42. The summed E-state index contributed by atoms with van der Waals surface area (Å²) < 4.78 is 7.25. The van der Waals surface area contributed by atoms with Crippen molar-refractivity contribution in [3.63, 3.8) is 0 Å². The zero-order valence-corrected chi connectivity index (χ0v) is 18.7. The number of rotatable bonds is 7. The molecule has 1 amide bonds. The van der Waals surface area contributed by atoms with E-state index in [1.807, 2.05) is 31.2 Å². The number of hydrogen-bond donors (Lipinski definition) is 1. The zero-order chi connectivity index (χ0) is 21.8. The first kappa shape index (κ1) is 21.4. The summed E-state index contributed by atoms with van der Waals surface area (Å²) in [5.41, 5.74) is 4.32. The van der Waals surface area contributed by atoms with Crippen LogP contribution in [0.25, 0.3) is 17.1 Å². The topological polar surface area (TPSA) is 63.3 Å². The Morgan fingerprint density at radius 3 is 2.84 bits per heavy atom. The number of piperidine rings is 1. The summed E-state index contributed by atoms with van der Waals surface area (Å²) in [5, 5.41) is 7.80. The van der Waals surface area contributed by atoms with Crippen LogP contribution in [-0.2, 0) is 0 Å². The standard InChI is InChI=1S/C25H32N4O2/c1-18-10-11-22(19(2)16-18)29-23(17-21(27-29)24-9-6-15-31-24)25(30)26-12-7-14-28-13-5-4-8-20(28)3/h6,9-11,15-17,20H,4-5,7-8,12-14H2,1-3H3,(H,26,30)/t20-/m1/s1. The maximum absolute atomic E-state index is 13.1. The molecule has 0 unspecified atom stereocenters. The molecule has 0 spiro atoms. The van der Waals surface area contributed by atoms with E-state index in [1.165, 1.54) is 31.4 Å². The first-order valence-electron chi connectivity index (χ1n) is 11.3. The fourth-order valence-corrected chi connectivity index (χ4v) is 4.38. The fourth-order valence-electron chi connectivity index (χ4n) is 4.38. The van der Waals surface area contributed by atoms with Gasteiger partial charge in [0.2, 0.25) is 0 Å². The van der Waals surface area contributed by atoms with Crippen molar-refractivity contribution in [1.82, 2.24) is 20.0 Å². The highest BCUT2D eigenvalue weighted by Gasteiger charge is 2.20. The molecule has 2 aromatic heterocycles. The van der Waals surface area contributed by atoms with E-state index in [1.54, 1.807) is 17.0 Å². The number of aromatic nitrogens is 2. The molecule has 164 valence electrons. The lowest BCUT2D eigenvalue weighted by molar-refractivity contribution is 0.0941. The van der Waals surface area contributed by atoms with Gasteiger partial charge in [-0.15, -0.1) is 0 Å². The molecular weight excluding hydrogens is 388 g/mol. The molecule has 0 bridgehead atoms. The zero-order valence-electron chi connectivity index (χ0n) is 18.7. The van der Waals surface area contributed by atoms with Crippen molar-refractivity contribution in [3.8, 4) is 17.1 Å². The number of nitrogens with one attached hydrogen (secondary N) is 1. The molecule has 1 N–H and O–H groups in total. The van der Waals surface area contributed by atoms with Gasteiger partial charge in [-0.1, -0.05) is 24.1 Å². The Morgan fingerprint density at radius 2 is 2.10 bits per heavy atom. The number of furan rings is 1. The molecule has 6 heteroatoms. The Bertz CT molecular complexity index is 1020. The largest absolute Gasteiger partial charge is 0.463 e. The molecule has 0 aliphatic carbocycles. The van der Waals surface area contributed by atoms with Gasteiger partial charge in [0.05, 0.1) is 12.0 Å². The highest BCUT2D eigenvalue weighted by molar-refractivity contribution is 5.94. The normalized spacial score (nSPS) is 17.1. The average molecular weight is 421 g/mol. The van der Waals surface area contributed by atoms with Gasteiger partial charge in [0, 0.05) is 25.2 Å². The highest BCUT2D eigenvalue weighted by Crippen LogP contribution is 2.24. The van der Waals surface area contributed by atoms with Crippen LogP contribution in [0, 0.1) is 13.8 Å². The molecule has 1 aliphatic heterocycles. The van der Waals surface area contributed by atoms with E-state index in [4.69, 9.17) is 9.52 Å². The SMILES string of the molecule is Cc1ccc(-n2nc(-c3ccco3)cc2C(=O)NCCCN2CCCC[C@H]2C)c(C)c1. The van der Waals surface area contributed by atoms with Gasteiger partial charge >= 0.3 is 0 Å². The minimum absolute atomic E-state index is 0.114. The lowest BCUT2D eigenvalue weighted by Crippen LogP contribution is -2.39. The van der Waals surface area contributed by atoms with E-state index in [0.29, 0.717) is 29.7 Å². The smallest absolute Gasteiger partial charge is 0.270 e. The van der Waals surface area contributed by atoms with Gasteiger partial charge in [-0.2, -0.15) is 5.10 Å². The lowest BCUT2D eigenvalue weighted by atomic mass is 10.0. The number of likely N-dealkylation sites (tertiary alicyclic amines) is 1. The first-order valence-corrected chi connectivity index (χ1v) is 11.3. The first-order chi connectivity index (χ1) is 15.0. The second kappa shape index (κ2) is 9.52. The summed E-state index contributed by atoms with van der Waals surface area (Å²) in [6.07, 6.45) is 6.44. The molecular formula is C25H32N4O2. The van der Waals surface area contributed by atoms with Crippen LogP contribution in [0.3, 0.4) is 0 Å². The van der Waals surface area contributed by atoms with Crippen molar-refractivity contribution >= 4 is 5.91 Å². The van der Waals surface area contributed by atoms with Gasteiger partial charge in [-0.25, -0.2) is 4.68 Å². The molecule has 1 aromatic carbocycles. The Hall–Kier alpha value is -2.86. The van der Waals surface area contributed by atoms with Crippen molar-refractivity contribution in [2.24, 2.45) is 0 Å². The Kier molecular flexibility index (Phi) is 6.56. The predicted octanol–water partition coefficient (Wildman–Crippen LogP) is 4.74. The Labute approximate surface area is 184 Å². The number of carbonyl (C=O) groups excluding carboxylic acids is 1. The second-order valence-corrected chi connectivity index (χ2v) is 8.58. The summed E-state index contributed by atoms with van der Waals surface area (Å²) in [6.45, 7) is 9.24. The molecule has 0 radical (unpaired) electrons. The molecule has 1 fully saturated rings. The summed E-state index contributed by atoms with van der Waals surface area (Å²) in [5.74, 6) is 0.536. The van der Waals surface area contributed by atoms with Crippen molar-refractivity contribution in [3.05, 3.63) is 59.5 Å². The molecule has 1 aliphatic rings. The van der Waals surface area contributed by atoms with Gasteiger partial charge < -0.3 is 14.6 Å². The number of aryl methyl sites for hydroxylation is 2. The predicted molar refractivity (Wildman–Crippen MR) is 123 cm³/mol. The van der Waals surface area contributed by atoms with Crippen molar-refractivity contribution in [2.45, 2.75) is 52.5 Å². The minimum Gasteiger partial charge on any atom is -0.463 e. The summed E-state index contributed by atoms with van der Waals surface area (Å²) in [6, 6.07) is 12.3. The monoisotopic (exact) mass is 420 g/mol. The molecule has 1 saturated heterocycles.